The highest BCUT2D eigenvalue weighted by atomic mass is 32.2. The van der Waals surface area contributed by atoms with Gasteiger partial charge in [-0.05, 0) is 0 Å². The third kappa shape index (κ3) is 17.1. The van der Waals surface area contributed by atoms with E-state index in [1.54, 1.807) is 0 Å². The molecule has 0 aliphatic carbocycles. The smallest absolute Gasteiger partial charge is 0.296 e. The maximum absolute atomic E-state index is 12.4. The lowest BCUT2D eigenvalue weighted by molar-refractivity contribution is -0.347. The zero-order valence-electron chi connectivity index (χ0n) is 29.1. The van der Waals surface area contributed by atoms with Gasteiger partial charge in [-0.2, -0.15) is 0 Å². The Morgan fingerprint density at radius 1 is 1.04 bits per heavy atom. The summed E-state index contributed by atoms with van der Waals surface area (Å²) in [6.07, 6.45) is -7.55. The molecule has 0 spiro atoms. The number of anilines is 1. The van der Waals surface area contributed by atoms with E-state index in [-0.39, 0.29) is 36.5 Å². The van der Waals surface area contributed by atoms with Crippen LogP contribution in [0.15, 0.2) is 12.7 Å². The molecule has 1 fully saturated rings. The van der Waals surface area contributed by atoms with Crippen molar-refractivity contribution >= 4 is 83.9 Å². The number of nitrogen functional groups attached to an aromatic ring is 1. The number of aliphatic hydroxyl groups excluding tert-OH is 2. The average molecular weight is 916 g/mol. The number of thioether (sulfide) groups is 1. The van der Waals surface area contributed by atoms with Gasteiger partial charge in [0.2, 0.25) is 11.8 Å². The number of aromatic nitrogens is 4. The van der Waals surface area contributed by atoms with Gasteiger partial charge < -0.3 is 87.9 Å². The van der Waals surface area contributed by atoms with Crippen LogP contribution in [0, 0.1) is 5.41 Å². The van der Waals surface area contributed by atoms with Gasteiger partial charge in [0.25, 0.3) is 22.1 Å². The lowest BCUT2D eigenvalue weighted by Gasteiger charge is -2.36. The summed E-state index contributed by atoms with van der Waals surface area (Å²) in [4.78, 5) is 121. The van der Waals surface area contributed by atoms with Gasteiger partial charge in [-0.1, -0.05) is 25.6 Å². The van der Waals surface area contributed by atoms with Crippen molar-refractivity contribution in [3.8, 4) is 0 Å². The number of nitrogens with one attached hydrogen (secondary N) is 2. The van der Waals surface area contributed by atoms with Gasteiger partial charge in [0.05, 0.1) is 27.4 Å². The topological polar surface area (TPSA) is 464 Å². The van der Waals surface area contributed by atoms with Gasteiger partial charge in [-0.3, -0.25) is 32.9 Å². The minimum absolute atomic E-state index is 0.0209. The zero-order valence-corrected chi connectivity index (χ0v) is 33.5. The number of carbonyl (C=O) groups is 4. The molecule has 1 aliphatic rings. The Kier molecular flexibility index (Phi) is 18.9. The maximum atomic E-state index is 12.4. The minimum Gasteiger partial charge on any atom is -0.790 e. The van der Waals surface area contributed by atoms with Crippen LogP contribution in [0.3, 0.4) is 0 Å². The molecule has 324 valence electrons. The number of amides is 2. The summed E-state index contributed by atoms with van der Waals surface area (Å²) in [5.41, 5.74) is 4.68. The van der Waals surface area contributed by atoms with Crippen molar-refractivity contribution in [2.75, 3.05) is 37.8 Å². The number of hydrogen-bond acceptors (Lipinski definition) is 27. The van der Waals surface area contributed by atoms with Gasteiger partial charge in [0.1, 0.15) is 44.1 Å². The molecular weight excluding hydrogens is 882 g/mol. The second kappa shape index (κ2) is 21.4. The first-order valence-electron chi connectivity index (χ1n) is 15.2. The fourth-order valence-electron chi connectivity index (χ4n) is 4.27. The van der Waals surface area contributed by atoms with Gasteiger partial charge in [0.15, 0.2) is 23.3 Å². The van der Waals surface area contributed by atoms with E-state index in [9.17, 15) is 72.2 Å². The monoisotopic (exact) mass is 915 g/mol. The highest BCUT2D eigenvalue weighted by molar-refractivity contribution is 8.11. The lowest BCUT2D eigenvalue weighted by atomic mass is 9.87. The molecule has 1 aliphatic heterocycles. The molecule has 3 heterocycles. The van der Waals surface area contributed by atoms with E-state index in [0.717, 1.165) is 29.0 Å². The molecule has 3 rings (SSSR count). The number of rotatable bonds is 22. The number of nitrogens with two attached hydrogens (primary N) is 1. The predicted molar refractivity (Wildman–Crippen MR) is 175 cm³/mol. The second-order valence-corrected chi connectivity index (χ2v) is 17.7. The molecular formula is C23H33N7O22P4S-6. The van der Waals surface area contributed by atoms with Crippen LogP contribution in [0.4, 0.5) is 5.82 Å². The van der Waals surface area contributed by atoms with E-state index in [1.807, 2.05) is 0 Å². The molecule has 2 amide bonds. The Bertz CT molecular complexity index is 1890. The van der Waals surface area contributed by atoms with Crippen LogP contribution in [-0.4, -0.2) is 110 Å². The number of carbonyl (C=O) groups excluding carboxylic acids is 4. The number of phosphoric acid groups is 4. The normalized spacial score (nSPS) is 21.3. The Labute approximate surface area is 324 Å². The van der Waals surface area contributed by atoms with Crippen LogP contribution in [0.25, 0.3) is 11.2 Å². The van der Waals surface area contributed by atoms with Crippen molar-refractivity contribution in [1.82, 2.24) is 30.2 Å². The molecule has 0 radical (unpaired) electrons. The molecule has 34 heteroatoms. The summed E-state index contributed by atoms with van der Waals surface area (Å²) in [7, 11) is -22.6. The standard InChI is InChI=1S/C22H36N7O17P3S.CH3O5P/c1-22(2,17(33)20(34)25-4-3-13(31)24-5-6-50-11-30)8-43-49(40,41)46-48(38,39)42-7-12-16(45-47(35,36)37)15(32)21(44-12)29-10-28-14-18(23)26-9-27-19(14)29;2-1-6-7(3,4)5/h9-12,15-17,21,32-33H,3-8H2,1-2H3,(H,24,31)(H,25,34)(H,38,39)(H,40,41)(H2,23,26,27)(H2,35,36,37);1H,(H2,3,4,5)/p-6. The Hall–Kier alpha value is -2.82. The summed E-state index contributed by atoms with van der Waals surface area (Å²) < 4.78 is 72.4. The van der Waals surface area contributed by atoms with Crippen molar-refractivity contribution in [3.05, 3.63) is 12.7 Å². The van der Waals surface area contributed by atoms with Crippen molar-refractivity contribution in [2.24, 2.45) is 5.41 Å². The van der Waals surface area contributed by atoms with Gasteiger partial charge in [-0.15, -0.1) is 0 Å². The summed E-state index contributed by atoms with van der Waals surface area (Å²) in [5.74, 6) is -1.20. The second-order valence-electron chi connectivity index (χ2n) is 11.6. The van der Waals surface area contributed by atoms with Crippen LogP contribution in [0.2, 0.25) is 0 Å². The quantitative estimate of drug-likeness (QED) is 0.0417. The molecule has 57 heavy (non-hydrogen) atoms. The van der Waals surface area contributed by atoms with Crippen molar-refractivity contribution in [3.63, 3.8) is 0 Å². The third-order valence-corrected chi connectivity index (χ3v) is 10.8. The lowest BCUT2D eigenvalue weighted by Crippen LogP contribution is -2.46. The van der Waals surface area contributed by atoms with Crippen LogP contribution in [-0.2, 0) is 64.6 Å². The Morgan fingerprint density at radius 2 is 1.68 bits per heavy atom. The molecule has 2 aromatic rings. The number of nitrogens with zero attached hydrogens (tertiary/aromatic N) is 4. The van der Waals surface area contributed by atoms with Crippen LogP contribution < -0.4 is 45.7 Å². The Morgan fingerprint density at radius 3 is 2.26 bits per heavy atom. The van der Waals surface area contributed by atoms with Gasteiger partial charge >= 0.3 is 0 Å². The number of phosphoric ester groups is 4. The molecule has 29 nitrogen and oxygen atoms in total. The molecule has 6 N–H and O–H groups in total. The molecule has 7 unspecified atom stereocenters. The summed E-state index contributed by atoms with van der Waals surface area (Å²) >= 11 is 0.949. The predicted octanol–water partition coefficient (Wildman–Crippen LogP) is -6.21. The molecule has 1 saturated heterocycles. The number of hydrogen-bond donors (Lipinski definition) is 5. The van der Waals surface area contributed by atoms with Gasteiger partial charge in [-0.25, -0.2) is 19.3 Å². The molecule has 0 bridgehead atoms. The Balaban J connectivity index is 0.00000146. The van der Waals surface area contributed by atoms with Gasteiger partial charge in [0, 0.05) is 30.7 Å². The average Bonchev–Trinajstić information content (AvgIpc) is 3.64. The number of aliphatic hydroxyl groups is 2. The van der Waals surface area contributed by atoms with Crippen LogP contribution in [0.5, 0.6) is 0 Å². The van der Waals surface area contributed by atoms with Crippen molar-refractivity contribution in [2.45, 2.75) is 50.9 Å². The van der Waals surface area contributed by atoms with E-state index < -0.39 is 98.8 Å². The van der Waals surface area contributed by atoms with Crippen LogP contribution in [0.1, 0.15) is 26.5 Å². The largest absolute Gasteiger partial charge is 0.790 e. The summed E-state index contributed by atoms with van der Waals surface area (Å²) in [5, 5.41) is 25.9. The van der Waals surface area contributed by atoms with E-state index in [4.69, 9.17) is 15.3 Å². The van der Waals surface area contributed by atoms with E-state index in [2.05, 4.69) is 48.0 Å². The fourth-order valence-corrected chi connectivity index (χ4v) is 7.42. The third-order valence-electron chi connectivity index (χ3n) is 6.84. The molecule has 2 aromatic heterocycles. The first-order chi connectivity index (χ1) is 26.2. The SMILES string of the molecule is CC(C)(COP(=O)([O-])OP(=O)([O-])OCC1OC(n2cnc3c(N)ncnc32)C(O)C1OP(=O)([O-])[O-])C(O)C(=O)NCCC(=O)NCCSC=O.O=COP(=O)([O-])[O-]. The van der Waals surface area contributed by atoms with Crippen molar-refractivity contribution in [1.29, 1.82) is 0 Å². The first-order valence-corrected chi connectivity index (χ1v) is 22.1. The number of fused-ring (bicyclic) bond motifs is 1. The molecule has 7 atom stereocenters. The minimum atomic E-state index is -5.90. The van der Waals surface area contributed by atoms with E-state index in [1.165, 1.54) is 13.8 Å². The summed E-state index contributed by atoms with van der Waals surface area (Å²) in [6.45, 7) is -0.314. The summed E-state index contributed by atoms with van der Waals surface area (Å²) in [6, 6.07) is 0. The molecule has 0 aromatic carbocycles. The van der Waals surface area contributed by atoms with E-state index >= 15 is 0 Å². The van der Waals surface area contributed by atoms with Crippen LogP contribution >= 0.6 is 43.1 Å². The zero-order chi connectivity index (χ0) is 43.4. The van der Waals surface area contributed by atoms with Crippen molar-refractivity contribution < 1.29 is 104 Å². The fraction of sp³-hybridized carbons (Fsp3) is 0.609. The van der Waals surface area contributed by atoms with E-state index in [0.29, 0.717) is 11.4 Å². The number of ether oxygens (including phenoxy) is 1. The number of imidazole rings is 1. The highest BCUT2D eigenvalue weighted by Crippen LogP contribution is 2.56. The maximum Gasteiger partial charge on any atom is 0.296 e. The highest BCUT2D eigenvalue weighted by Gasteiger charge is 2.47. The molecule has 0 saturated carbocycles. The first kappa shape index (κ1) is 50.3.